The predicted molar refractivity (Wildman–Crippen MR) is 93.8 cm³/mol. The lowest BCUT2D eigenvalue weighted by atomic mass is 10.0. The molecular weight excluding hydrogens is 347 g/mol. The number of carbonyl (C=O) groups is 2. The molecule has 2 amide bonds. The first-order valence-electron chi connectivity index (χ1n) is 8.37. The summed E-state index contributed by atoms with van der Waals surface area (Å²) < 4.78 is 19.1. The van der Waals surface area contributed by atoms with Crippen LogP contribution in [0.4, 0.5) is 9.18 Å². The van der Waals surface area contributed by atoms with Crippen LogP contribution in [-0.4, -0.2) is 23.6 Å². The Labute approximate surface area is 152 Å². The molecule has 1 aliphatic rings. The van der Waals surface area contributed by atoms with Gasteiger partial charge in [0.05, 0.1) is 10.9 Å². The van der Waals surface area contributed by atoms with E-state index in [-0.39, 0.29) is 29.4 Å². The Morgan fingerprint density at radius 1 is 1.32 bits per heavy atom. The molecule has 0 heterocycles. The first-order chi connectivity index (χ1) is 11.7. The number of alkyl carbamates (subject to hydrolysis) is 1. The van der Waals surface area contributed by atoms with Gasteiger partial charge in [0, 0.05) is 18.2 Å². The SMILES string of the molecule is CC(C)(C)OC(=O)N[C@@H]1CCC[C@H]1C(=O)NCc1cccc(Cl)c1F. The Hall–Kier alpha value is -1.82. The van der Waals surface area contributed by atoms with Crippen LogP contribution >= 0.6 is 11.6 Å². The molecule has 25 heavy (non-hydrogen) atoms. The van der Waals surface area contributed by atoms with E-state index in [1.807, 2.05) is 0 Å². The van der Waals surface area contributed by atoms with E-state index in [0.29, 0.717) is 18.4 Å². The molecule has 138 valence electrons. The summed E-state index contributed by atoms with van der Waals surface area (Å²) in [4.78, 5) is 24.3. The minimum atomic E-state index is -0.593. The Morgan fingerprint density at radius 2 is 2.04 bits per heavy atom. The van der Waals surface area contributed by atoms with Gasteiger partial charge in [-0.15, -0.1) is 0 Å². The number of carbonyl (C=O) groups excluding carboxylic acids is 2. The van der Waals surface area contributed by atoms with Crippen molar-refractivity contribution in [3.63, 3.8) is 0 Å². The fourth-order valence-electron chi connectivity index (χ4n) is 2.90. The summed E-state index contributed by atoms with van der Waals surface area (Å²) in [6, 6.07) is 4.39. The zero-order chi connectivity index (χ0) is 18.6. The summed E-state index contributed by atoms with van der Waals surface area (Å²) in [5.41, 5.74) is -0.264. The predicted octanol–water partition coefficient (Wildman–Crippen LogP) is 3.79. The zero-order valence-corrected chi connectivity index (χ0v) is 15.5. The van der Waals surface area contributed by atoms with Gasteiger partial charge in [0.15, 0.2) is 0 Å². The molecule has 2 rings (SSSR count). The highest BCUT2D eigenvalue weighted by Gasteiger charge is 2.35. The highest BCUT2D eigenvalue weighted by Crippen LogP contribution is 2.26. The van der Waals surface area contributed by atoms with Gasteiger partial charge in [-0.05, 0) is 39.7 Å². The van der Waals surface area contributed by atoms with Crippen molar-refractivity contribution >= 4 is 23.6 Å². The van der Waals surface area contributed by atoms with Crippen LogP contribution in [-0.2, 0) is 16.1 Å². The van der Waals surface area contributed by atoms with Crippen LogP contribution < -0.4 is 10.6 Å². The molecule has 7 heteroatoms. The number of amides is 2. The first kappa shape index (κ1) is 19.5. The number of ether oxygens (including phenoxy) is 1. The maximum atomic E-state index is 13.9. The average Bonchev–Trinajstić information content (AvgIpc) is 2.94. The fourth-order valence-corrected chi connectivity index (χ4v) is 3.10. The van der Waals surface area contributed by atoms with Gasteiger partial charge >= 0.3 is 6.09 Å². The normalized spacial score (nSPS) is 20.2. The van der Waals surface area contributed by atoms with E-state index >= 15 is 0 Å². The van der Waals surface area contributed by atoms with Crippen LogP contribution in [0, 0.1) is 11.7 Å². The van der Waals surface area contributed by atoms with Crippen LogP contribution in [0.5, 0.6) is 0 Å². The molecule has 0 aromatic heterocycles. The van der Waals surface area contributed by atoms with Gasteiger partial charge < -0.3 is 15.4 Å². The molecule has 1 aliphatic carbocycles. The summed E-state index contributed by atoms with van der Waals surface area (Å²) in [6.45, 7) is 5.40. The van der Waals surface area contributed by atoms with Crippen molar-refractivity contribution in [3.8, 4) is 0 Å². The van der Waals surface area contributed by atoms with Gasteiger partial charge in [-0.2, -0.15) is 0 Å². The van der Waals surface area contributed by atoms with Crippen molar-refractivity contribution in [1.82, 2.24) is 10.6 Å². The van der Waals surface area contributed by atoms with Crippen molar-refractivity contribution < 1.29 is 18.7 Å². The summed E-state index contributed by atoms with van der Waals surface area (Å²) in [5.74, 6) is -1.09. The smallest absolute Gasteiger partial charge is 0.407 e. The molecule has 2 N–H and O–H groups in total. The minimum Gasteiger partial charge on any atom is -0.444 e. The Bertz CT molecular complexity index is 646. The van der Waals surface area contributed by atoms with Gasteiger partial charge in [-0.3, -0.25) is 4.79 Å². The van der Waals surface area contributed by atoms with Gasteiger partial charge in [-0.1, -0.05) is 30.2 Å². The monoisotopic (exact) mass is 370 g/mol. The van der Waals surface area contributed by atoms with Gasteiger partial charge in [0.25, 0.3) is 0 Å². The lowest BCUT2D eigenvalue weighted by molar-refractivity contribution is -0.125. The average molecular weight is 371 g/mol. The van der Waals surface area contributed by atoms with Crippen LogP contribution in [0.2, 0.25) is 5.02 Å². The summed E-state index contributed by atoms with van der Waals surface area (Å²) in [6.07, 6.45) is 1.69. The third kappa shape index (κ3) is 5.59. The molecule has 1 aromatic carbocycles. The van der Waals surface area contributed by atoms with Crippen LogP contribution in [0.25, 0.3) is 0 Å². The first-order valence-corrected chi connectivity index (χ1v) is 8.75. The van der Waals surface area contributed by atoms with Crippen LogP contribution in [0.1, 0.15) is 45.6 Å². The number of hydrogen-bond acceptors (Lipinski definition) is 3. The lowest BCUT2D eigenvalue weighted by Crippen LogP contribution is -2.45. The topological polar surface area (TPSA) is 67.4 Å². The van der Waals surface area contributed by atoms with Gasteiger partial charge in [0.1, 0.15) is 11.4 Å². The number of rotatable bonds is 4. The lowest BCUT2D eigenvalue weighted by Gasteiger charge is -2.24. The Balaban J connectivity index is 1.91. The van der Waals surface area contributed by atoms with Crippen molar-refractivity contribution in [2.75, 3.05) is 0 Å². The van der Waals surface area contributed by atoms with Gasteiger partial charge in [0.2, 0.25) is 5.91 Å². The van der Waals surface area contributed by atoms with E-state index in [1.165, 1.54) is 6.07 Å². The molecule has 0 radical (unpaired) electrons. The molecule has 0 unspecified atom stereocenters. The molecule has 0 aliphatic heterocycles. The Kier molecular flexibility index (Phi) is 6.27. The fraction of sp³-hybridized carbons (Fsp3) is 0.556. The number of hydrogen-bond donors (Lipinski definition) is 2. The van der Waals surface area contributed by atoms with E-state index in [0.717, 1.165) is 6.42 Å². The van der Waals surface area contributed by atoms with Crippen LogP contribution in [0.15, 0.2) is 18.2 Å². The maximum absolute atomic E-state index is 13.9. The zero-order valence-electron chi connectivity index (χ0n) is 14.7. The van der Waals surface area contributed by atoms with Crippen LogP contribution in [0.3, 0.4) is 0 Å². The third-order valence-corrected chi connectivity index (χ3v) is 4.33. The van der Waals surface area contributed by atoms with Crippen molar-refractivity contribution in [2.24, 2.45) is 5.92 Å². The molecule has 5 nitrogen and oxygen atoms in total. The molecular formula is C18H24ClFN2O3. The molecule has 0 saturated heterocycles. The highest BCUT2D eigenvalue weighted by molar-refractivity contribution is 6.30. The van der Waals surface area contributed by atoms with Crippen molar-refractivity contribution in [1.29, 1.82) is 0 Å². The number of benzene rings is 1. The molecule has 0 bridgehead atoms. The molecule has 1 aromatic rings. The molecule has 1 saturated carbocycles. The van der Waals surface area contributed by atoms with E-state index in [9.17, 15) is 14.0 Å². The molecule has 0 spiro atoms. The second kappa shape index (κ2) is 8.04. The highest BCUT2D eigenvalue weighted by atomic mass is 35.5. The molecule has 1 fully saturated rings. The number of halogens is 2. The maximum Gasteiger partial charge on any atom is 0.407 e. The van der Waals surface area contributed by atoms with E-state index < -0.39 is 17.5 Å². The summed E-state index contributed by atoms with van der Waals surface area (Å²) in [5, 5.41) is 5.52. The number of nitrogens with one attached hydrogen (secondary N) is 2. The van der Waals surface area contributed by atoms with Crippen molar-refractivity contribution in [2.45, 2.75) is 58.2 Å². The van der Waals surface area contributed by atoms with E-state index in [2.05, 4.69) is 10.6 Å². The quantitative estimate of drug-likeness (QED) is 0.847. The third-order valence-electron chi connectivity index (χ3n) is 4.04. The van der Waals surface area contributed by atoms with E-state index in [1.54, 1.807) is 32.9 Å². The summed E-state index contributed by atoms with van der Waals surface area (Å²) in [7, 11) is 0. The second-order valence-electron chi connectivity index (χ2n) is 7.22. The largest absolute Gasteiger partial charge is 0.444 e. The van der Waals surface area contributed by atoms with Crippen molar-refractivity contribution in [3.05, 3.63) is 34.6 Å². The summed E-state index contributed by atoms with van der Waals surface area (Å²) >= 11 is 5.74. The Morgan fingerprint density at radius 3 is 2.72 bits per heavy atom. The molecule has 2 atom stereocenters. The minimum absolute atomic E-state index is 0.0251. The standard InChI is InChI=1S/C18H24ClFN2O3/c1-18(2,3)25-17(24)22-14-9-5-7-12(14)16(23)21-10-11-6-4-8-13(19)15(11)20/h4,6,8,12,14H,5,7,9-10H2,1-3H3,(H,21,23)(H,22,24)/t12-,14-/m1/s1. The second-order valence-corrected chi connectivity index (χ2v) is 7.63. The van der Waals surface area contributed by atoms with E-state index in [4.69, 9.17) is 16.3 Å². The van der Waals surface area contributed by atoms with Gasteiger partial charge in [-0.25, -0.2) is 9.18 Å².